The fraction of sp³-hybridized carbons (Fsp3) is 0.167. The van der Waals surface area contributed by atoms with Crippen molar-refractivity contribution in [3.63, 3.8) is 0 Å². The molecule has 2 aromatic rings. The average molecular weight is 186 g/mol. The summed E-state index contributed by atoms with van der Waals surface area (Å²) in [6.45, 7) is 2.94. The highest BCUT2D eigenvalue weighted by Crippen LogP contribution is 2.09. The third-order valence-electron chi connectivity index (χ3n) is 2.20. The number of aromatic amines is 1. The summed E-state index contributed by atoms with van der Waals surface area (Å²) in [6.07, 6.45) is 1.94. The smallest absolute Gasteiger partial charge is 0.0551 e. The second-order valence-electron chi connectivity index (χ2n) is 3.41. The van der Waals surface area contributed by atoms with Crippen LogP contribution in [0.4, 0.5) is 5.69 Å². The fourth-order valence-electron chi connectivity index (χ4n) is 1.35. The first kappa shape index (κ1) is 8.88. The molecule has 0 saturated heterocycles. The molecule has 0 radical (unpaired) electrons. The normalized spacial score (nSPS) is 10.1. The van der Waals surface area contributed by atoms with Crippen LogP contribution < -0.4 is 5.32 Å². The molecule has 1 aromatic heterocycles. The second-order valence-corrected chi connectivity index (χ2v) is 3.41. The van der Waals surface area contributed by atoms with Crippen molar-refractivity contribution < 1.29 is 0 Å². The van der Waals surface area contributed by atoms with Crippen LogP contribution in [0.3, 0.4) is 0 Å². The number of H-pyrrole nitrogens is 1. The first-order valence-electron chi connectivity index (χ1n) is 4.77. The zero-order valence-corrected chi connectivity index (χ0v) is 8.25. The number of anilines is 1. The van der Waals surface area contributed by atoms with Crippen molar-refractivity contribution in [2.45, 2.75) is 13.5 Å². The van der Waals surface area contributed by atoms with Gasteiger partial charge in [0.25, 0.3) is 0 Å². The molecule has 2 heteroatoms. The molecule has 0 aliphatic rings. The maximum atomic E-state index is 3.34. The van der Waals surface area contributed by atoms with Crippen molar-refractivity contribution >= 4 is 5.69 Å². The van der Waals surface area contributed by atoms with Crippen LogP contribution in [0.25, 0.3) is 0 Å². The highest BCUT2D eigenvalue weighted by molar-refractivity contribution is 5.44. The molecule has 2 nitrogen and oxygen atoms in total. The molecule has 0 atom stereocenters. The molecule has 2 rings (SSSR count). The Morgan fingerprint density at radius 2 is 1.93 bits per heavy atom. The van der Waals surface area contributed by atoms with Gasteiger partial charge in [0.15, 0.2) is 0 Å². The molecule has 14 heavy (non-hydrogen) atoms. The van der Waals surface area contributed by atoms with E-state index in [4.69, 9.17) is 0 Å². The van der Waals surface area contributed by atoms with E-state index in [-0.39, 0.29) is 0 Å². The Morgan fingerprint density at radius 3 is 2.57 bits per heavy atom. The molecule has 0 saturated carbocycles. The van der Waals surface area contributed by atoms with Gasteiger partial charge in [0, 0.05) is 17.6 Å². The van der Waals surface area contributed by atoms with Crippen molar-refractivity contribution in [2.75, 3.05) is 5.32 Å². The van der Waals surface area contributed by atoms with Gasteiger partial charge in [0.1, 0.15) is 0 Å². The minimum atomic E-state index is 0.843. The maximum absolute atomic E-state index is 3.34. The monoisotopic (exact) mass is 186 g/mol. The van der Waals surface area contributed by atoms with Crippen LogP contribution in [-0.4, -0.2) is 4.98 Å². The van der Waals surface area contributed by atoms with Crippen molar-refractivity contribution in [1.29, 1.82) is 0 Å². The van der Waals surface area contributed by atoms with Crippen molar-refractivity contribution in [2.24, 2.45) is 0 Å². The van der Waals surface area contributed by atoms with E-state index in [1.807, 2.05) is 12.3 Å². The van der Waals surface area contributed by atoms with Crippen LogP contribution in [0.1, 0.15) is 11.3 Å². The van der Waals surface area contributed by atoms with E-state index in [2.05, 4.69) is 47.6 Å². The Hall–Kier alpha value is -1.70. The summed E-state index contributed by atoms with van der Waals surface area (Å²) in [5.74, 6) is 0. The first-order valence-corrected chi connectivity index (χ1v) is 4.77. The Labute approximate surface area is 84.0 Å². The number of hydrogen-bond donors (Lipinski definition) is 2. The first-order chi connectivity index (χ1) is 6.84. The number of hydrogen-bond acceptors (Lipinski definition) is 1. The number of aryl methyl sites for hydroxylation is 1. The fourth-order valence-corrected chi connectivity index (χ4v) is 1.35. The van der Waals surface area contributed by atoms with Crippen LogP contribution in [0, 0.1) is 6.92 Å². The molecule has 72 valence electrons. The van der Waals surface area contributed by atoms with Crippen LogP contribution in [0.5, 0.6) is 0 Å². The Morgan fingerprint density at radius 1 is 1.14 bits per heavy atom. The molecule has 0 spiro atoms. The molecule has 1 heterocycles. The van der Waals surface area contributed by atoms with Gasteiger partial charge in [-0.15, -0.1) is 0 Å². The summed E-state index contributed by atoms with van der Waals surface area (Å²) in [5, 5.41) is 3.34. The minimum Gasteiger partial charge on any atom is -0.379 e. The molecule has 1 aromatic carbocycles. The molecule has 0 amide bonds. The number of aromatic nitrogens is 1. The standard InChI is InChI=1S/C12H14N2/c1-10-4-6-11(7-5-10)14-9-12-3-2-8-13-12/h2-8,13-14H,9H2,1H3. The summed E-state index contributed by atoms with van der Waals surface area (Å²) >= 11 is 0. The third kappa shape index (κ3) is 2.16. The lowest BCUT2D eigenvalue weighted by atomic mass is 10.2. The van der Waals surface area contributed by atoms with Gasteiger partial charge in [-0.05, 0) is 31.2 Å². The van der Waals surface area contributed by atoms with E-state index < -0.39 is 0 Å². The minimum absolute atomic E-state index is 0.843. The predicted molar refractivity (Wildman–Crippen MR) is 59.3 cm³/mol. The third-order valence-corrected chi connectivity index (χ3v) is 2.20. The molecule has 2 N–H and O–H groups in total. The van der Waals surface area contributed by atoms with Gasteiger partial charge in [-0.25, -0.2) is 0 Å². The van der Waals surface area contributed by atoms with E-state index in [9.17, 15) is 0 Å². The zero-order chi connectivity index (χ0) is 9.80. The molecule has 0 bridgehead atoms. The van der Waals surface area contributed by atoms with Gasteiger partial charge in [0.2, 0.25) is 0 Å². The van der Waals surface area contributed by atoms with Crippen LogP contribution in [0.15, 0.2) is 42.6 Å². The summed E-state index contributed by atoms with van der Waals surface area (Å²) in [7, 11) is 0. The lowest BCUT2D eigenvalue weighted by Gasteiger charge is -2.04. The maximum Gasteiger partial charge on any atom is 0.0551 e. The quantitative estimate of drug-likeness (QED) is 0.757. The van der Waals surface area contributed by atoms with Crippen LogP contribution in [0.2, 0.25) is 0 Å². The zero-order valence-electron chi connectivity index (χ0n) is 8.25. The van der Waals surface area contributed by atoms with Gasteiger partial charge >= 0.3 is 0 Å². The van der Waals surface area contributed by atoms with Gasteiger partial charge in [-0.1, -0.05) is 17.7 Å². The molecule has 0 fully saturated rings. The topological polar surface area (TPSA) is 27.8 Å². The van der Waals surface area contributed by atoms with E-state index in [0.717, 1.165) is 12.2 Å². The van der Waals surface area contributed by atoms with E-state index in [1.165, 1.54) is 11.3 Å². The van der Waals surface area contributed by atoms with Gasteiger partial charge < -0.3 is 10.3 Å². The lowest BCUT2D eigenvalue weighted by Crippen LogP contribution is -1.98. The van der Waals surface area contributed by atoms with E-state index in [1.54, 1.807) is 0 Å². The number of benzene rings is 1. The summed E-state index contributed by atoms with van der Waals surface area (Å²) in [5.41, 5.74) is 3.64. The predicted octanol–water partition coefficient (Wildman–Crippen LogP) is 2.94. The lowest BCUT2D eigenvalue weighted by molar-refractivity contribution is 1.07. The summed E-state index contributed by atoms with van der Waals surface area (Å²) in [4.78, 5) is 3.16. The molecule has 0 unspecified atom stereocenters. The molecule has 0 aliphatic heterocycles. The number of rotatable bonds is 3. The highest BCUT2D eigenvalue weighted by atomic mass is 14.9. The van der Waals surface area contributed by atoms with Gasteiger partial charge in [0.05, 0.1) is 6.54 Å². The van der Waals surface area contributed by atoms with Gasteiger partial charge in [-0.3, -0.25) is 0 Å². The SMILES string of the molecule is Cc1ccc(NCc2ccc[nH]2)cc1. The molecular formula is C12H14N2. The summed E-state index contributed by atoms with van der Waals surface area (Å²) in [6, 6.07) is 12.5. The Kier molecular flexibility index (Phi) is 2.54. The van der Waals surface area contributed by atoms with Crippen molar-refractivity contribution in [3.05, 3.63) is 53.9 Å². The van der Waals surface area contributed by atoms with Crippen LogP contribution >= 0.6 is 0 Å². The molecular weight excluding hydrogens is 172 g/mol. The average Bonchev–Trinajstić information content (AvgIpc) is 2.70. The van der Waals surface area contributed by atoms with E-state index in [0.29, 0.717) is 0 Å². The van der Waals surface area contributed by atoms with Crippen LogP contribution in [-0.2, 0) is 6.54 Å². The van der Waals surface area contributed by atoms with E-state index >= 15 is 0 Å². The molecule has 0 aliphatic carbocycles. The van der Waals surface area contributed by atoms with Crippen molar-refractivity contribution in [3.8, 4) is 0 Å². The largest absolute Gasteiger partial charge is 0.379 e. The highest BCUT2D eigenvalue weighted by Gasteiger charge is 1.93. The second kappa shape index (κ2) is 4.01. The Balaban J connectivity index is 1.95. The summed E-state index contributed by atoms with van der Waals surface area (Å²) < 4.78 is 0. The Bertz CT molecular complexity index is 373. The number of nitrogens with one attached hydrogen (secondary N) is 2. The van der Waals surface area contributed by atoms with Crippen molar-refractivity contribution in [1.82, 2.24) is 4.98 Å². The van der Waals surface area contributed by atoms with Gasteiger partial charge in [-0.2, -0.15) is 0 Å².